The van der Waals surface area contributed by atoms with Crippen LogP contribution in [0.15, 0.2) is 12.4 Å². The Morgan fingerprint density at radius 2 is 2.35 bits per heavy atom. The van der Waals surface area contributed by atoms with E-state index in [4.69, 9.17) is 0 Å². The highest BCUT2D eigenvalue weighted by Crippen LogP contribution is 2.12. The molecule has 0 spiro atoms. The molecule has 17 heavy (non-hydrogen) atoms. The second-order valence-electron chi connectivity index (χ2n) is 4.01. The number of rotatable bonds is 1. The zero-order valence-electron chi connectivity index (χ0n) is 9.42. The summed E-state index contributed by atoms with van der Waals surface area (Å²) < 4.78 is 2.05. The Morgan fingerprint density at radius 3 is 3.12 bits per heavy atom. The zero-order valence-corrected chi connectivity index (χ0v) is 9.42. The molecule has 7 nitrogen and oxygen atoms in total. The second kappa shape index (κ2) is 3.69. The van der Waals surface area contributed by atoms with E-state index in [0.29, 0.717) is 18.9 Å². The number of H-pyrrole nitrogens is 1. The van der Waals surface area contributed by atoms with Gasteiger partial charge in [0.05, 0.1) is 6.54 Å². The summed E-state index contributed by atoms with van der Waals surface area (Å²) in [6.07, 6.45) is 3.67. The standard InChI is InChI=1S/C10H12N6O/c1-7-12-9(14-13-7)10(17)16-5-4-15-3-2-11-8(15)6-16/h2-3H,4-6H2,1H3,(H,12,13,14). The van der Waals surface area contributed by atoms with Gasteiger partial charge >= 0.3 is 0 Å². The van der Waals surface area contributed by atoms with Crippen LogP contribution < -0.4 is 0 Å². The van der Waals surface area contributed by atoms with Crippen molar-refractivity contribution in [1.29, 1.82) is 0 Å². The third-order valence-corrected chi connectivity index (χ3v) is 2.82. The summed E-state index contributed by atoms with van der Waals surface area (Å²) in [4.78, 5) is 22.1. The van der Waals surface area contributed by atoms with Crippen molar-refractivity contribution in [2.45, 2.75) is 20.0 Å². The number of amides is 1. The van der Waals surface area contributed by atoms with Crippen molar-refractivity contribution in [3.8, 4) is 0 Å². The van der Waals surface area contributed by atoms with Crippen LogP contribution in [0.1, 0.15) is 22.3 Å². The van der Waals surface area contributed by atoms with Crippen LogP contribution in [0.2, 0.25) is 0 Å². The molecule has 2 aromatic rings. The maximum atomic E-state index is 12.1. The summed E-state index contributed by atoms with van der Waals surface area (Å²) in [5.74, 6) is 1.62. The lowest BCUT2D eigenvalue weighted by molar-refractivity contribution is 0.0695. The Balaban J connectivity index is 1.81. The molecule has 0 bridgehead atoms. The van der Waals surface area contributed by atoms with Gasteiger partial charge in [0.1, 0.15) is 11.6 Å². The predicted molar refractivity (Wildman–Crippen MR) is 58.1 cm³/mol. The van der Waals surface area contributed by atoms with E-state index in [9.17, 15) is 4.79 Å². The van der Waals surface area contributed by atoms with Crippen LogP contribution in [0.4, 0.5) is 0 Å². The van der Waals surface area contributed by atoms with Gasteiger partial charge in [0.15, 0.2) is 0 Å². The van der Waals surface area contributed by atoms with E-state index in [0.717, 1.165) is 12.4 Å². The molecular formula is C10H12N6O. The molecule has 3 rings (SSSR count). The summed E-state index contributed by atoms with van der Waals surface area (Å²) in [6.45, 7) is 3.71. The molecular weight excluding hydrogens is 220 g/mol. The maximum absolute atomic E-state index is 12.1. The van der Waals surface area contributed by atoms with Crippen molar-refractivity contribution >= 4 is 5.91 Å². The van der Waals surface area contributed by atoms with Crippen molar-refractivity contribution in [2.24, 2.45) is 0 Å². The molecule has 1 aliphatic heterocycles. The van der Waals surface area contributed by atoms with Crippen LogP contribution in [-0.4, -0.2) is 42.1 Å². The molecule has 0 saturated carbocycles. The molecule has 0 fully saturated rings. The van der Waals surface area contributed by atoms with E-state index in [1.54, 1.807) is 18.0 Å². The first-order valence-corrected chi connectivity index (χ1v) is 5.42. The summed E-state index contributed by atoms with van der Waals surface area (Å²) in [5.41, 5.74) is 0. The fourth-order valence-electron chi connectivity index (χ4n) is 1.93. The van der Waals surface area contributed by atoms with Crippen molar-refractivity contribution in [2.75, 3.05) is 6.54 Å². The zero-order chi connectivity index (χ0) is 11.8. The molecule has 88 valence electrons. The van der Waals surface area contributed by atoms with E-state index in [1.165, 1.54) is 0 Å². The summed E-state index contributed by atoms with van der Waals surface area (Å²) in [6, 6.07) is 0. The minimum Gasteiger partial charge on any atom is -0.332 e. The summed E-state index contributed by atoms with van der Waals surface area (Å²) in [5, 5.41) is 6.55. The van der Waals surface area contributed by atoms with Gasteiger partial charge in [-0.25, -0.2) is 9.97 Å². The average Bonchev–Trinajstić information content (AvgIpc) is 2.95. The van der Waals surface area contributed by atoms with E-state index < -0.39 is 0 Å². The highest BCUT2D eigenvalue weighted by molar-refractivity contribution is 5.90. The van der Waals surface area contributed by atoms with Gasteiger partial charge in [-0.1, -0.05) is 0 Å². The first-order chi connectivity index (χ1) is 8.24. The number of imidazole rings is 1. The molecule has 0 aliphatic carbocycles. The molecule has 0 saturated heterocycles. The monoisotopic (exact) mass is 232 g/mol. The molecule has 0 radical (unpaired) electrons. The van der Waals surface area contributed by atoms with Crippen molar-refractivity contribution in [1.82, 2.24) is 29.6 Å². The lowest BCUT2D eigenvalue weighted by atomic mass is 10.3. The highest BCUT2D eigenvalue weighted by Gasteiger charge is 2.24. The summed E-state index contributed by atoms with van der Waals surface area (Å²) >= 11 is 0. The first kappa shape index (κ1) is 10.0. The number of carbonyl (C=O) groups is 1. The Kier molecular flexibility index (Phi) is 2.17. The Labute approximate surface area is 97.5 Å². The smallest absolute Gasteiger partial charge is 0.293 e. The van der Waals surface area contributed by atoms with Crippen molar-refractivity contribution < 1.29 is 4.79 Å². The third-order valence-electron chi connectivity index (χ3n) is 2.82. The van der Waals surface area contributed by atoms with Gasteiger partial charge in [-0.15, -0.1) is 5.10 Å². The molecule has 2 aromatic heterocycles. The SMILES string of the molecule is Cc1nc(C(=O)N2CCn3ccnc3C2)n[nH]1. The van der Waals surface area contributed by atoms with Gasteiger partial charge in [-0.2, -0.15) is 0 Å². The van der Waals surface area contributed by atoms with Crippen molar-refractivity contribution in [3.63, 3.8) is 0 Å². The van der Waals surface area contributed by atoms with Gasteiger partial charge in [-0.05, 0) is 6.92 Å². The quantitative estimate of drug-likeness (QED) is 0.748. The van der Waals surface area contributed by atoms with Gasteiger partial charge < -0.3 is 9.47 Å². The number of carbonyl (C=O) groups excluding carboxylic acids is 1. The maximum Gasteiger partial charge on any atom is 0.293 e. The van der Waals surface area contributed by atoms with E-state index in [2.05, 4.69) is 20.2 Å². The number of aryl methyl sites for hydroxylation is 1. The topological polar surface area (TPSA) is 79.7 Å². The van der Waals surface area contributed by atoms with Gasteiger partial charge in [0, 0.05) is 25.5 Å². The van der Waals surface area contributed by atoms with Crippen LogP contribution in [-0.2, 0) is 13.1 Å². The number of nitrogens with zero attached hydrogens (tertiary/aromatic N) is 5. The van der Waals surface area contributed by atoms with Gasteiger partial charge in [0.2, 0.25) is 5.82 Å². The van der Waals surface area contributed by atoms with E-state index in [-0.39, 0.29) is 11.7 Å². The molecule has 1 aliphatic rings. The average molecular weight is 232 g/mol. The fourth-order valence-corrected chi connectivity index (χ4v) is 1.93. The Bertz CT molecular complexity index is 557. The molecule has 0 unspecified atom stereocenters. The number of fused-ring (bicyclic) bond motifs is 1. The summed E-state index contributed by atoms with van der Waals surface area (Å²) in [7, 11) is 0. The van der Waals surface area contributed by atoms with Crippen molar-refractivity contribution in [3.05, 3.63) is 29.9 Å². The van der Waals surface area contributed by atoms with Crippen LogP contribution in [0.3, 0.4) is 0 Å². The molecule has 0 atom stereocenters. The largest absolute Gasteiger partial charge is 0.332 e. The van der Waals surface area contributed by atoms with Gasteiger partial charge in [0.25, 0.3) is 5.91 Å². The lowest BCUT2D eigenvalue weighted by Crippen LogP contribution is -2.38. The fraction of sp³-hybridized carbons (Fsp3) is 0.400. The minimum atomic E-state index is -0.149. The highest BCUT2D eigenvalue weighted by atomic mass is 16.2. The number of hydrogen-bond acceptors (Lipinski definition) is 4. The molecule has 1 N–H and O–H groups in total. The number of hydrogen-bond donors (Lipinski definition) is 1. The predicted octanol–water partition coefficient (Wildman–Crippen LogP) is -0.0344. The number of aromatic amines is 1. The second-order valence-corrected chi connectivity index (χ2v) is 4.01. The van der Waals surface area contributed by atoms with E-state index in [1.807, 2.05) is 10.8 Å². The lowest BCUT2D eigenvalue weighted by Gasteiger charge is -2.26. The van der Waals surface area contributed by atoms with Crippen LogP contribution in [0.25, 0.3) is 0 Å². The molecule has 3 heterocycles. The molecule has 0 aromatic carbocycles. The Morgan fingerprint density at radius 1 is 1.47 bits per heavy atom. The first-order valence-electron chi connectivity index (χ1n) is 5.42. The molecule has 7 heteroatoms. The minimum absolute atomic E-state index is 0.149. The molecule has 1 amide bonds. The van der Waals surface area contributed by atoms with Crippen LogP contribution >= 0.6 is 0 Å². The number of aromatic nitrogens is 5. The van der Waals surface area contributed by atoms with E-state index >= 15 is 0 Å². The van der Waals surface area contributed by atoms with Crippen LogP contribution in [0.5, 0.6) is 0 Å². The van der Waals surface area contributed by atoms with Crippen LogP contribution in [0, 0.1) is 6.92 Å². The van der Waals surface area contributed by atoms with Gasteiger partial charge in [-0.3, -0.25) is 9.89 Å². The number of nitrogens with one attached hydrogen (secondary N) is 1. The normalized spacial score (nSPS) is 14.8. The third kappa shape index (κ3) is 1.69. The Hall–Kier alpha value is -2.18.